The van der Waals surface area contributed by atoms with Crippen molar-refractivity contribution >= 4 is 5.91 Å². The normalized spacial score (nSPS) is 11.7. The molecular weight excluding hydrogens is 309 g/mol. The molecule has 1 atom stereocenters. The van der Waals surface area contributed by atoms with Crippen LogP contribution in [0.5, 0.6) is 11.5 Å². The van der Waals surface area contributed by atoms with E-state index in [0.29, 0.717) is 23.5 Å². The van der Waals surface area contributed by atoms with E-state index in [2.05, 4.69) is 5.32 Å². The summed E-state index contributed by atoms with van der Waals surface area (Å²) in [6.07, 6.45) is 0.445. The van der Waals surface area contributed by atoms with Crippen molar-refractivity contribution in [1.82, 2.24) is 5.32 Å². The third-order valence-electron chi connectivity index (χ3n) is 3.85. The highest BCUT2D eigenvalue weighted by Crippen LogP contribution is 2.31. The molecule has 2 aromatic rings. The first-order valence-electron chi connectivity index (χ1n) is 7.71. The van der Waals surface area contributed by atoms with Crippen LogP contribution in [0.4, 0.5) is 4.39 Å². The van der Waals surface area contributed by atoms with Gasteiger partial charge in [0.1, 0.15) is 5.82 Å². The number of hydrogen-bond acceptors (Lipinski definition) is 3. The lowest BCUT2D eigenvalue weighted by Crippen LogP contribution is -2.23. The number of methoxy groups -OCH3 is 2. The maximum absolute atomic E-state index is 14.2. The first kappa shape index (κ1) is 17.8. The first-order chi connectivity index (χ1) is 11.4. The number of halogens is 1. The van der Waals surface area contributed by atoms with Gasteiger partial charge in [0.15, 0.2) is 11.5 Å². The van der Waals surface area contributed by atoms with Crippen molar-refractivity contribution in [2.24, 2.45) is 0 Å². The van der Waals surface area contributed by atoms with Crippen LogP contribution in [0.15, 0.2) is 36.4 Å². The predicted molar refractivity (Wildman–Crippen MR) is 91.0 cm³/mol. The number of hydrogen-bond donors (Lipinski definition) is 1. The molecule has 2 aromatic carbocycles. The highest BCUT2D eigenvalue weighted by Gasteiger charge is 2.12. The summed E-state index contributed by atoms with van der Waals surface area (Å²) in [5.74, 6) is 0.477. The molecule has 1 amide bonds. The number of benzene rings is 2. The van der Waals surface area contributed by atoms with Crippen molar-refractivity contribution in [2.75, 3.05) is 14.2 Å². The van der Waals surface area contributed by atoms with E-state index in [1.54, 1.807) is 6.07 Å². The molecular formula is C19H22FNO3. The van der Waals surface area contributed by atoms with Gasteiger partial charge in [-0.1, -0.05) is 24.3 Å². The summed E-state index contributed by atoms with van der Waals surface area (Å²) >= 11 is 0. The van der Waals surface area contributed by atoms with Gasteiger partial charge in [-0.15, -0.1) is 0 Å². The number of ether oxygens (including phenoxy) is 2. The van der Waals surface area contributed by atoms with Crippen LogP contribution in [-0.4, -0.2) is 20.1 Å². The number of carbonyl (C=O) groups excluding carboxylic acids is 1. The first-order valence-corrected chi connectivity index (χ1v) is 7.71. The molecule has 4 nitrogen and oxygen atoms in total. The van der Waals surface area contributed by atoms with Gasteiger partial charge < -0.3 is 14.8 Å². The van der Waals surface area contributed by atoms with Gasteiger partial charge in [-0.25, -0.2) is 4.39 Å². The lowest BCUT2D eigenvalue weighted by molar-refractivity contribution is -0.119. The highest BCUT2D eigenvalue weighted by molar-refractivity contribution is 5.73. The second-order valence-electron chi connectivity index (χ2n) is 5.64. The summed E-state index contributed by atoms with van der Waals surface area (Å²) in [5, 5.41) is 2.84. The van der Waals surface area contributed by atoms with E-state index in [-0.39, 0.29) is 17.8 Å². The number of carbonyl (C=O) groups is 1. The van der Waals surface area contributed by atoms with E-state index < -0.39 is 0 Å². The standard InChI is InChI=1S/C19H22FNO3/c1-12(21-13(2)22)15-7-5-14(6-8-15)9-16-10-18(23-3)19(24-4)11-17(16)20/h5-8,10-12H,9H2,1-4H3,(H,21,22). The van der Waals surface area contributed by atoms with E-state index in [9.17, 15) is 9.18 Å². The fourth-order valence-electron chi connectivity index (χ4n) is 2.56. The van der Waals surface area contributed by atoms with Crippen LogP contribution in [0.25, 0.3) is 0 Å². The van der Waals surface area contributed by atoms with E-state index in [4.69, 9.17) is 9.47 Å². The molecule has 24 heavy (non-hydrogen) atoms. The van der Waals surface area contributed by atoms with E-state index >= 15 is 0 Å². The lowest BCUT2D eigenvalue weighted by atomic mass is 10.0. The van der Waals surface area contributed by atoms with E-state index in [1.807, 2.05) is 31.2 Å². The van der Waals surface area contributed by atoms with Crippen molar-refractivity contribution in [3.05, 3.63) is 58.9 Å². The van der Waals surface area contributed by atoms with Crippen LogP contribution < -0.4 is 14.8 Å². The SMILES string of the molecule is COc1cc(F)c(Cc2ccc(C(C)NC(C)=O)cc2)cc1OC. The average Bonchev–Trinajstić information content (AvgIpc) is 2.56. The molecule has 0 spiro atoms. The Morgan fingerprint density at radius 2 is 1.71 bits per heavy atom. The fourth-order valence-corrected chi connectivity index (χ4v) is 2.56. The van der Waals surface area contributed by atoms with Gasteiger partial charge >= 0.3 is 0 Å². The molecule has 128 valence electrons. The molecule has 0 radical (unpaired) electrons. The zero-order valence-electron chi connectivity index (χ0n) is 14.4. The fraction of sp³-hybridized carbons (Fsp3) is 0.316. The van der Waals surface area contributed by atoms with Gasteiger partial charge in [-0.3, -0.25) is 4.79 Å². The Labute approximate surface area is 141 Å². The molecule has 0 aromatic heterocycles. The second kappa shape index (κ2) is 7.81. The predicted octanol–water partition coefficient (Wildman–Crippen LogP) is 3.63. The van der Waals surface area contributed by atoms with Crippen LogP contribution in [0.2, 0.25) is 0 Å². The molecule has 0 heterocycles. The Bertz CT molecular complexity index is 713. The zero-order valence-corrected chi connectivity index (χ0v) is 14.4. The summed E-state index contributed by atoms with van der Waals surface area (Å²) in [6.45, 7) is 3.41. The molecule has 0 bridgehead atoms. The lowest BCUT2D eigenvalue weighted by Gasteiger charge is -2.14. The van der Waals surface area contributed by atoms with E-state index in [1.165, 1.54) is 27.2 Å². The van der Waals surface area contributed by atoms with Crippen molar-refractivity contribution < 1.29 is 18.7 Å². The minimum Gasteiger partial charge on any atom is -0.493 e. The minimum atomic E-state index is -0.330. The molecule has 0 aliphatic rings. The van der Waals surface area contributed by atoms with Crippen LogP contribution in [0, 0.1) is 5.82 Å². The second-order valence-corrected chi connectivity index (χ2v) is 5.64. The monoisotopic (exact) mass is 331 g/mol. The largest absolute Gasteiger partial charge is 0.493 e. The molecule has 2 rings (SSSR count). The molecule has 0 saturated heterocycles. The highest BCUT2D eigenvalue weighted by atomic mass is 19.1. The number of amides is 1. The Balaban J connectivity index is 2.18. The van der Waals surface area contributed by atoms with Crippen molar-refractivity contribution in [3.8, 4) is 11.5 Å². The third-order valence-corrected chi connectivity index (χ3v) is 3.85. The van der Waals surface area contributed by atoms with Crippen LogP contribution >= 0.6 is 0 Å². The van der Waals surface area contributed by atoms with E-state index in [0.717, 1.165) is 11.1 Å². The Morgan fingerprint density at radius 3 is 2.25 bits per heavy atom. The molecule has 1 unspecified atom stereocenters. The van der Waals surface area contributed by atoms with Gasteiger partial charge in [-0.2, -0.15) is 0 Å². The Hall–Kier alpha value is -2.56. The third kappa shape index (κ3) is 4.25. The molecule has 0 fully saturated rings. The maximum Gasteiger partial charge on any atom is 0.217 e. The molecule has 0 aliphatic carbocycles. The van der Waals surface area contributed by atoms with Crippen molar-refractivity contribution in [3.63, 3.8) is 0 Å². The summed E-state index contributed by atoms with van der Waals surface area (Å²) in [7, 11) is 3.00. The van der Waals surface area contributed by atoms with Gasteiger partial charge in [0.05, 0.1) is 20.3 Å². The average molecular weight is 331 g/mol. The summed E-state index contributed by atoms with van der Waals surface area (Å²) in [5.41, 5.74) is 2.51. The van der Waals surface area contributed by atoms with Crippen LogP contribution in [0.3, 0.4) is 0 Å². The smallest absolute Gasteiger partial charge is 0.217 e. The van der Waals surface area contributed by atoms with Gasteiger partial charge in [-0.05, 0) is 29.7 Å². The van der Waals surface area contributed by atoms with Crippen molar-refractivity contribution in [1.29, 1.82) is 0 Å². The van der Waals surface area contributed by atoms with Gasteiger partial charge in [0, 0.05) is 19.4 Å². The summed E-state index contributed by atoms with van der Waals surface area (Å²) in [6, 6.07) is 10.7. The number of nitrogens with one attached hydrogen (secondary N) is 1. The number of rotatable bonds is 6. The topological polar surface area (TPSA) is 47.6 Å². The molecule has 1 N–H and O–H groups in total. The van der Waals surface area contributed by atoms with Gasteiger partial charge in [0.25, 0.3) is 0 Å². The minimum absolute atomic E-state index is 0.0608. The van der Waals surface area contributed by atoms with Gasteiger partial charge in [0.2, 0.25) is 5.91 Å². The zero-order chi connectivity index (χ0) is 17.7. The molecule has 0 saturated carbocycles. The Morgan fingerprint density at radius 1 is 1.12 bits per heavy atom. The van der Waals surface area contributed by atoms with Crippen LogP contribution in [-0.2, 0) is 11.2 Å². The van der Waals surface area contributed by atoms with Crippen molar-refractivity contribution in [2.45, 2.75) is 26.3 Å². The van der Waals surface area contributed by atoms with Crippen LogP contribution in [0.1, 0.15) is 36.6 Å². The quantitative estimate of drug-likeness (QED) is 0.879. The molecule has 0 aliphatic heterocycles. The Kier molecular flexibility index (Phi) is 5.79. The summed E-state index contributed by atoms with van der Waals surface area (Å²) < 4.78 is 24.5. The molecule has 5 heteroatoms. The maximum atomic E-state index is 14.2. The summed E-state index contributed by atoms with van der Waals surface area (Å²) in [4.78, 5) is 11.1.